The van der Waals surface area contributed by atoms with Crippen molar-refractivity contribution in [3.8, 4) is 0 Å². The first-order chi connectivity index (χ1) is 17.7. The Morgan fingerprint density at radius 2 is 1.76 bits per heavy atom. The molecule has 0 aliphatic carbocycles. The van der Waals surface area contributed by atoms with E-state index in [0.717, 1.165) is 22.5 Å². The summed E-state index contributed by atoms with van der Waals surface area (Å²) in [4.78, 5) is 16.3. The number of halogens is 3. The fourth-order valence-electron chi connectivity index (χ4n) is 4.92. The number of aliphatic hydroxyl groups excluding tert-OH is 1. The number of ether oxygens (including phenoxy) is 1. The summed E-state index contributed by atoms with van der Waals surface area (Å²) in [5.74, 6) is -1.38. The molecular weight excluding hydrogens is 528 g/mol. The second-order valence-corrected chi connectivity index (χ2v) is 11.5. The Bertz CT molecular complexity index is 1190. The van der Waals surface area contributed by atoms with Crippen LogP contribution in [-0.4, -0.2) is 85.7 Å². The van der Waals surface area contributed by atoms with Crippen LogP contribution in [0.3, 0.4) is 0 Å². The Morgan fingerprint density at radius 1 is 1.05 bits per heavy atom. The van der Waals surface area contributed by atoms with Crippen molar-refractivity contribution >= 4 is 27.7 Å². The number of sulfonamides is 1. The van der Waals surface area contributed by atoms with Crippen LogP contribution in [-0.2, 0) is 14.8 Å². The second-order valence-electron chi connectivity index (χ2n) is 9.18. The van der Waals surface area contributed by atoms with Crippen LogP contribution in [0.2, 0.25) is 5.02 Å². The van der Waals surface area contributed by atoms with Crippen LogP contribution in [0.1, 0.15) is 30.9 Å². The van der Waals surface area contributed by atoms with Gasteiger partial charge in [0.1, 0.15) is 18.2 Å². The molecule has 2 saturated heterocycles. The van der Waals surface area contributed by atoms with E-state index < -0.39 is 39.8 Å². The van der Waals surface area contributed by atoms with Crippen LogP contribution < -0.4 is 0 Å². The molecule has 8 nitrogen and oxygen atoms in total. The van der Waals surface area contributed by atoms with Crippen molar-refractivity contribution in [2.75, 3.05) is 45.9 Å². The molecule has 0 bridgehead atoms. The van der Waals surface area contributed by atoms with Crippen molar-refractivity contribution in [1.82, 2.24) is 14.1 Å². The lowest BCUT2D eigenvalue weighted by molar-refractivity contribution is 0.0463. The molecule has 0 unspecified atom stereocenters. The van der Waals surface area contributed by atoms with E-state index in [9.17, 15) is 22.0 Å². The van der Waals surface area contributed by atoms with Gasteiger partial charge in [-0.1, -0.05) is 11.6 Å². The van der Waals surface area contributed by atoms with E-state index in [2.05, 4.69) is 0 Å². The zero-order valence-corrected chi connectivity index (χ0v) is 21.8. The molecule has 0 saturated carbocycles. The number of rotatable bonds is 7. The van der Waals surface area contributed by atoms with Gasteiger partial charge in [0.15, 0.2) is 0 Å². The number of benzene rings is 2. The van der Waals surface area contributed by atoms with Crippen LogP contribution in [0.25, 0.3) is 0 Å². The zero-order valence-electron chi connectivity index (χ0n) is 20.2. The first-order valence-electron chi connectivity index (χ1n) is 12.2. The maximum absolute atomic E-state index is 14.8. The molecular formula is C25H30ClF2N3O5S. The third-order valence-electron chi connectivity index (χ3n) is 6.83. The van der Waals surface area contributed by atoms with Crippen LogP contribution in [0.15, 0.2) is 47.4 Å². The van der Waals surface area contributed by atoms with Gasteiger partial charge in [0.2, 0.25) is 10.0 Å². The van der Waals surface area contributed by atoms with Gasteiger partial charge in [-0.3, -0.25) is 4.90 Å². The lowest BCUT2D eigenvalue weighted by Crippen LogP contribution is -2.51. The van der Waals surface area contributed by atoms with Gasteiger partial charge in [-0.25, -0.2) is 22.0 Å². The molecule has 2 aromatic rings. The van der Waals surface area contributed by atoms with Gasteiger partial charge in [0, 0.05) is 43.3 Å². The largest absolute Gasteiger partial charge is 0.448 e. The van der Waals surface area contributed by atoms with Crippen molar-refractivity contribution in [1.29, 1.82) is 0 Å². The molecule has 0 radical (unpaired) electrons. The molecule has 0 aromatic heterocycles. The summed E-state index contributed by atoms with van der Waals surface area (Å²) in [6.45, 7) is 2.38. The molecule has 2 aromatic carbocycles. The quantitative estimate of drug-likeness (QED) is 0.559. The Morgan fingerprint density at radius 3 is 2.43 bits per heavy atom. The minimum absolute atomic E-state index is 0.0388. The summed E-state index contributed by atoms with van der Waals surface area (Å²) in [6.07, 6.45) is 0.643. The van der Waals surface area contributed by atoms with E-state index in [0.29, 0.717) is 50.6 Å². The van der Waals surface area contributed by atoms with E-state index >= 15 is 0 Å². The number of aliphatic hydroxyl groups is 1. The maximum atomic E-state index is 14.8. The lowest BCUT2D eigenvalue weighted by Gasteiger charge is -2.41. The molecule has 2 aliphatic rings. The van der Waals surface area contributed by atoms with E-state index in [1.165, 1.54) is 24.3 Å². The number of carbonyl (C=O) groups is 1. The van der Waals surface area contributed by atoms with Gasteiger partial charge in [0.05, 0.1) is 23.6 Å². The Kier molecular flexibility index (Phi) is 9.02. The van der Waals surface area contributed by atoms with Crippen LogP contribution in [0.5, 0.6) is 0 Å². The van der Waals surface area contributed by atoms with Crippen molar-refractivity contribution in [3.05, 3.63) is 64.7 Å². The number of carbonyl (C=O) groups excluding carboxylic acids is 1. The van der Waals surface area contributed by atoms with E-state index in [1.54, 1.807) is 4.90 Å². The first-order valence-corrected chi connectivity index (χ1v) is 14.0. The first kappa shape index (κ1) is 27.7. The van der Waals surface area contributed by atoms with Gasteiger partial charge < -0.3 is 14.7 Å². The predicted molar refractivity (Wildman–Crippen MR) is 134 cm³/mol. The SMILES string of the molecule is O=C(OC[C@@H]1CCC[C@H](c2cc(F)ccc2F)N1S(=O)(=O)c1ccc(Cl)cc1)N1CCN(CCO)CC1. The van der Waals surface area contributed by atoms with E-state index in [1.807, 2.05) is 4.90 Å². The number of hydrogen-bond donors (Lipinski definition) is 1. The van der Waals surface area contributed by atoms with Crippen molar-refractivity contribution in [2.45, 2.75) is 36.2 Å². The van der Waals surface area contributed by atoms with Crippen molar-refractivity contribution < 1.29 is 31.8 Å². The van der Waals surface area contributed by atoms with Crippen LogP contribution >= 0.6 is 11.6 Å². The smallest absolute Gasteiger partial charge is 0.409 e. The number of piperazine rings is 1. The molecule has 2 atom stereocenters. The van der Waals surface area contributed by atoms with Crippen LogP contribution in [0, 0.1) is 11.6 Å². The summed E-state index contributed by atoms with van der Waals surface area (Å²) in [5, 5.41) is 9.45. The average molecular weight is 558 g/mol. The zero-order chi connectivity index (χ0) is 26.6. The highest BCUT2D eigenvalue weighted by atomic mass is 35.5. The highest BCUT2D eigenvalue weighted by molar-refractivity contribution is 7.89. The third-order valence-corrected chi connectivity index (χ3v) is 9.06. The fourth-order valence-corrected chi connectivity index (χ4v) is 6.88. The summed E-state index contributed by atoms with van der Waals surface area (Å²) in [6, 6.07) is 6.85. The molecule has 0 spiro atoms. The minimum atomic E-state index is -4.19. The molecule has 37 heavy (non-hydrogen) atoms. The van der Waals surface area contributed by atoms with Crippen molar-refractivity contribution in [3.63, 3.8) is 0 Å². The molecule has 4 rings (SSSR count). The minimum Gasteiger partial charge on any atom is -0.448 e. The second kappa shape index (κ2) is 12.0. The van der Waals surface area contributed by atoms with Gasteiger partial charge in [-0.05, 0) is 61.7 Å². The van der Waals surface area contributed by atoms with E-state index in [4.69, 9.17) is 21.4 Å². The number of nitrogens with zero attached hydrogens (tertiary/aromatic N) is 3. The number of amides is 1. The van der Waals surface area contributed by atoms with Gasteiger partial charge in [0.25, 0.3) is 0 Å². The fraction of sp³-hybridized carbons (Fsp3) is 0.480. The van der Waals surface area contributed by atoms with Crippen LogP contribution in [0.4, 0.5) is 13.6 Å². The Labute approximate surface area is 220 Å². The van der Waals surface area contributed by atoms with Gasteiger partial charge >= 0.3 is 6.09 Å². The highest BCUT2D eigenvalue weighted by Crippen LogP contribution is 2.40. The van der Waals surface area contributed by atoms with Gasteiger partial charge in [-0.15, -0.1) is 0 Å². The van der Waals surface area contributed by atoms with Crippen molar-refractivity contribution in [2.24, 2.45) is 0 Å². The Hall–Kier alpha value is -2.31. The lowest BCUT2D eigenvalue weighted by atomic mass is 9.93. The number of hydrogen-bond acceptors (Lipinski definition) is 6. The molecule has 2 fully saturated rings. The predicted octanol–water partition coefficient (Wildman–Crippen LogP) is 3.65. The van der Waals surface area contributed by atoms with Gasteiger partial charge in [-0.2, -0.15) is 4.31 Å². The Balaban J connectivity index is 1.58. The summed E-state index contributed by atoms with van der Waals surface area (Å²) in [7, 11) is -4.19. The molecule has 202 valence electrons. The average Bonchev–Trinajstić information content (AvgIpc) is 2.89. The summed E-state index contributed by atoms with van der Waals surface area (Å²) in [5.41, 5.74) is -0.0615. The normalized spacial score (nSPS) is 21.7. The molecule has 2 heterocycles. The monoisotopic (exact) mass is 557 g/mol. The topological polar surface area (TPSA) is 90.4 Å². The third kappa shape index (κ3) is 6.40. The maximum Gasteiger partial charge on any atom is 0.409 e. The molecule has 1 N–H and O–H groups in total. The number of β-amino-alcohol motifs (C(OH)–C–C–N with tert-alkyl or cyclic N) is 1. The molecule has 1 amide bonds. The molecule has 2 aliphatic heterocycles. The summed E-state index contributed by atoms with van der Waals surface area (Å²) >= 11 is 5.95. The van der Waals surface area contributed by atoms with E-state index in [-0.39, 0.29) is 30.1 Å². The summed E-state index contributed by atoms with van der Waals surface area (Å²) < 4.78 is 63.3. The standard InChI is InChI=1S/C25H30ClF2N3O5S/c26-18-4-7-21(8-5-18)37(34,35)31-20(2-1-3-24(31)22-16-19(27)6-9-23(22)28)17-36-25(33)30-12-10-29(11-13-30)14-15-32/h4-9,16,20,24,32H,1-3,10-15,17H2/t20-,24+/m0/s1. The molecule has 12 heteroatoms. The highest BCUT2D eigenvalue weighted by Gasteiger charge is 2.42. The number of piperidine rings is 1.